The molecule has 7 heteroatoms. The zero-order chi connectivity index (χ0) is 22.9. The Hall–Kier alpha value is -2.53. The molecule has 3 aromatic rings. The predicted octanol–water partition coefficient (Wildman–Crippen LogP) is 7.15. The fourth-order valence-corrected chi connectivity index (χ4v) is 5.25. The van der Waals surface area contributed by atoms with Gasteiger partial charge < -0.3 is 5.32 Å². The van der Waals surface area contributed by atoms with Crippen LogP contribution in [-0.4, -0.2) is 11.6 Å². The van der Waals surface area contributed by atoms with E-state index >= 15 is 0 Å². The molecule has 1 amide bonds. The molecule has 33 heavy (non-hydrogen) atoms. The number of amides is 1. The average Bonchev–Trinajstić information content (AvgIpc) is 3.25. The van der Waals surface area contributed by atoms with Crippen LogP contribution in [0.5, 0.6) is 0 Å². The highest BCUT2D eigenvalue weighted by atomic mass is 35.5. The van der Waals surface area contributed by atoms with Crippen LogP contribution in [0.1, 0.15) is 48.0 Å². The molecule has 0 radical (unpaired) electrons. The number of halogens is 3. The minimum Gasteiger partial charge on any atom is -0.344 e. The third-order valence-electron chi connectivity index (χ3n) is 6.26. The molecule has 2 aliphatic rings. The molecule has 0 saturated heterocycles. The Kier molecular flexibility index (Phi) is 6.33. The third-order valence-corrected chi connectivity index (χ3v) is 7.05. The molecule has 1 heterocycles. The molecule has 2 unspecified atom stereocenters. The van der Waals surface area contributed by atoms with Crippen LogP contribution in [0, 0.1) is 0 Å². The Morgan fingerprint density at radius 2 is 1.73 bits per heavy atom. The summed E-state index contributed by atoms with van der Waals surface area (Å²) >= 11 is 18.7. The van der Waals surface area contributed by atoms with Crippen LogP contribution < -0.4 is 10.3 Å². The maximum atomic E-state index is 13.3. The number of aryl methyl sites for hydroxylation is 1. The van der Waals surface area contributed by atoms with Crippen molar-refractivity contribution in [2.45, 2.75) is 37.8 Å². The Bertz CT molecular complexity index is 1230. The molecule has 2 atom stereocenters. The Labute approximate surface area is 208 Å². The van der Waals surface area contributed by atoms with Gasteiger partial charge in [0.25, 0.3) is 5.91 Å². The molecule has 0 bridgehead atoms. The summed E-state index contributed by atoms with van der Waals surface area (Å²) in [5, 5.41) is 11.4. The number of rotatable bonds is 4. The number of carbonyl (C=O) groups is 1. The largest absolute Gasteiger partial charge is 0.344 e. The molecule has 1 aliphatic carbocycles. The highest BCUT2D eigenvalue weighted by molar-refractivity contribution is 6.40. The van der Waals surface area contributed by atoms with Crippen LogP contribution in [0.3, 0.4) is 0 Å². The molecule has 3 aromatic carbocycles. The third kappa shape index (κ3) is 4.61. The van der Waals surface area contributed by atoms with E-state index < -0.39 is 0 Å². The maximum Gasteiger partial charge on any atom is 0.268 e. The van der Waals surface area contributed by atoms with Crippen LogP contribution in [-0.2, 0) is 11.2 Å². The number of nitrogens with one attached hydrogen (secondary N) is 1. The van der Waals surface area contributed by atoms with Crippen molar-refractivity contribution in [1.29, 1.82) is 0 Å². The number of carbonyl (C=O) groups excluding carboxylic acids is 1. The zero-order valence-corrected chi connectivity index (χ0v) is 20.0. The fourth-order valence-electron chi connectivity index (χ4n) is 4.63. The molecule has 0 fully saturated rings. The molecular formula is C26H22Cl3N3O. The van der Waals surface area contributed by atoms with E-state index in [2.05, 4.69) is 23.5 Å². The van der Waals surface area contributed by atoms with Gasteiger partial charge in [-0.1, -0.05) is 71.2 Å². The lowest BCUT2D eigenvalue weighted by Crippen LogP contribution is -2.35. The first-order chi connectivity index (χ1) is 16.0. The highest BCUT2D eigenvalue weighted by Gasteiger charge is 2.34. The van der Waals surface area contributed by atoms with Crippen molar-refractivity contribution in [3.05, 3.63) is 98.5 Å². The molecule has 168 valence electrons. The quantitative estimate of drug-likeness (QED) is 0.415. The van der Waals surface area contributed by atoms with Crippen LogP contribution in [0.15, 0.2) is 71.8 Å². The maximum absolute atomic E-state index is 13.3. The van der Waals surface area contributed by atoms with Crippen molar-refractivity contribution < 1.29 is 4.79 Å². The standard InChI is InChI=1S/C26H22Cl3N3O/c27-18-10-8-17(9-11-18)25-15-23(31-32(25)24-13-12-19(28)14-21(24)29)26(33)30-22-7-3-5-16-4-1-2-6-20(16)22/h1-2,4,6,8-14,22,25H,3,5,7,15H2,(H,30,33). The van der Waals surface area contributed by atoms with Crippen molar-refractivity contribution in [3.63, 3.8) is 0 Å². The van der Waals surface area contributed by atoms with Gasteiger partial charge in [-0.25, -0.2) is 0 Å². The van der Waals surface area contributed by atoms with E-state index in [4.69, 9.17) is 39.9 Å². The first-order valence-corrected chi connectivity index (χ1v) is 12.1. The van der Waals surface area contributed by atoms with Crippen LogP contribution in [0.4, 0.5) is 5.69 Å². The van der Waals surface area contributed by atoms with Crippen molar-refractivity contribution in [3.8, 4) is 0 Å². The lowest BCUT2D eigenvalue weighted by molar-refractivity contribution is -0.115. The van der Waals surface area contributed by atoms with Gasteiger partial charge in [0.2, 0.25) is 0 Å². The van der Waals surface area contributed by atoms with Gasteiger partial charge in [0, 0.05) is 16.5 Å². The highest BCUT2D eigenvalue weighted by Crippen LogP contribution is 2.40. The lowest BCUT2D eigenvalue weighted by Gasteiger charge is -2.26. The minimum absolute atomic E-state index is 0.00713. The average molecular weight is 499 g/mol. The molecule has 0 aromatic heterocycles. The van der Waals surface area contributed by atoms with Crippen molar-refractivity contribution in [2.75, 3.05) is 5.01 Å². The van der Waals surface area contributed by atoms with Crippen LogP contribution >= 0.6 is 34.8 Å². The van der Waals surface area contributed by atoms with E-state index in [-0.39, 0.29) is 18.0 Å². The predicted molar refractivity (Wildman–Crippen MR) is 135 cm³/mol. The van der Waals surface area contributed by atoms with Gasteiger partial charge in [-0.2, -0.15) is 5.10 Å². The second-order valence-corrected chi connectivity index (χ2v) is 9.66. The molecule has 5 rings (SSSR count). The number of nitrogens with zero attached hydrogens (tertiary/aromatic N) is 2. The Morgan fingerprint density at radius 3 is 2.52 bits per heavy atom. The van der Waals surface area contributed by atoms with E-state index in [1.54, 1.807) is 12.1 Å². The second kappa shape index (κ2) is 9.38. The van der Waals surface area contributed by atoms with E-state index in [9.17, 15) is 4.79 Å². The van der Waals surface area contributed by atoms with E-state index in [1.807, 2.05) is 41.4 Å². The van der Waals surface area contributed by atoms with Crippen molar-refractivity contribution in [2.24, 2.45) is 5.10 Å². The second-order valence-electron chi connectivity index (χ2n) is 8.38. The number of benzene rings is 3. The van der Waals surface area contributed by atoms with E-state index in [0.29, 0.717) is 32.9 Å². The number of fused-ring (bicyclic) bond motifs is 1. The van der Waals surface area contributed by atoms with Crippen LogP contribution in [0.25, 0.3) is 0 Å². The number of hydrogen-bond acceptors (Lipinski definition) is 3. The van der Waals surface area contributed by atoms with Gasteiger partial charge in [-0.05, 0) is 66.3 Å². The summed E-state index contributed by atoms with van der Waals surface area (Å²) < 4.78 is 0. The SMILES string of the molecule is O=C(NC1CCCc2ccccc21)C1=NN(c2ccc(Cl)cc2Cl)C(c2ccc(Cl)cc2)C1. The fraction of sp³-hybridized carbons (Fsp3) is 0.231. The van der Waals surface area contributed by atoms with Gasteiger partial charge in [0.05, 0.1) is 22.8 Å². The van der Waals surface area contributed by atoms with Gasteiger partial charge in [-0.15, -0.1) is 0 Å². The van der Waals surface area contributed by atoms with Gasteiger partial charge in [0.15, 0.2) is 0 Å². The number of hydrogen-bond donors (Lipinski definition) is 1. The number of anilines is 1. The molecule has 0 saturated carbocycles. The molecular weight excluding hydrogens is 477 g/mol. The zero-order valence-electron chi connectivity index (χ0n) is 17.8. The molecule has 1 aliphatic heterocycles. The topological polar surface area (TPSA) is 44.7 Å². The number of hydrazone groups is 1. The monoisotopic (exact) mass is 497 g/mol. The smallest absolute Gasteiger partial charge is 0.268 e. The van der Waals surface area contributed by atoms with Gasteiger partial charge in [-0.3, -0.25) is 9.80 Å². The molecule has 1 N–H and O–H groups in total. The first-order valence-electron chi connectivity index (χ1n) is 11.0. The summed E-state index contributed by atoms with van der Waals surface area (Å²) in [6.07, 6.45) is 3.48. The van der Waals surface area contributed by atoms with E-state index in [0.717, 1.165) is 24.8 Å². The normalized spacial score (nSPS) is 19.7. The molecule has 0 spiro atoms. The van der Waals surface area contributed by atoms with Gasteiger partial charge in [0.1, 0.15) is 5.71 Å². The molecule has 4 nitrogen and oxygen atoms in total. The van der Waals surface area contributed by atoms with Crippen molar-refractivity contribution >= 4 is 52.1 Å². The Morgan fingerprint density at radius 1 is 0.970 bits per heavy atom. The van der Waals surface area contributed by atoms with Crippen molar-refractivity contribution in [1.82, 2.24) is 5.32 Å². The summed E-state index contributed by atoms with van der Waals surface area (Å²) in [6.45, 7) is 0. The summed E-state index contributed by atoms with van der Waals surface area (Å²) in [7, 11) is 0. The van der Waals surface area contributed by atoms with Crippen LogP contribution in [0.2, 0.25) is 15.1 Å². The lowest BCUT2D eigenvalue weighted by atomic mass is 9.87. The Balaban J connectivity index is 1.45. The summed E-state index contributed by atoms with van der Waals surface area (Å²) in [6, 6.07) is 21.0. The first kappa shape index (κ1) is 22.3. The van der Waals surface area contributed by atoms with Gasteiger partial charge >= 0.3 is 0 Å². The summed E-state index contributed by atoms with van der Waals surface area (Å²) in [5.74, 6) is -0.150. The van der Waals surface area contributed by atoms with E-state index in [1.165, 1.54) is 11.1 Å². The summed E-state index contributed by atoms with van der Waals surface area (Å²) in [4.78, 5) is 13.3. The minimum atomic E-state index is -0.180. The summed E-state index contributed by atoms with van der Waals surface area (Å²) in [5.41, 5.74) is 4.68.